The lowest BCUT2D eigenvalue weighted by atomic mass is 9.74. The number of aliphatic hydroxyl groups excluding tert-OH is 1. The van der Waals surface area contributed by atoms with Crippen LogP contribution in [0.4, 0.5) is 0 Å². The first-order valence-electron chi connectivity index (χ1n) is 6.76. The Kier molecular flexibility index (Phi) is 4.18. The van der Waals surface area contributed by atoms with E-state index in [4.69, 9.17) is 27.9 Å². The van der Waals surface area contributed by atoms with Crippen LogP contribution in [0.5, 0.6) is 0 Å². The fourth-order valence-electron chi connectivity index (χ4n) is 2.81. The summed E-state index contributed by atoms with van der Waals surface area (Å²) in [6, 6.07) is 11.0. The number of nitrogens with zero attached hydrogens (tertiary/aromatic N) is 1. The van der Waals surface area contributed by atoms with E-state index >= 15 is 0 Å². The minimum Gasteiger partial charge on any atom is -0.386 e. The second-order valence-corrected chi connectivity index (χ2v) is 6.06. The molecule has 2 aromatic rings. The standard InChI is InChI=1S/C16H15Cl2NO2/c17-12-5-4-11(9-13(12)18)16(6-8-21-10-16)15(20)14-3-1-2-7-19-14/h1-5,7,9,15,20H,6,8,10H2. The average Bonchev–Trinajstić information content (AvgIpc) is 3.01. The van der Waals surface area contributed by atoms with E-state index in [0.29, 0.717) is 35.4 Å². The van der Waals surface area contributed by atoms with Crippen molar-refractivity contribution in [2.24, 2.45) is 0 Å². The van der Waals surface area contributed by atoms with Crippen molar-refractivity contribution in [3.63, 3.8) is 0 Å². The number of rotatable bonds is 3. The lowest BCUT2D eigenvalue weighted by Crippen LogP contribution is -2.35. The predicted octanol–water partition coefficient (Wildman–Crippen LogP) is 3.78. The number of benzene rings is 1. The van der Waals surface area contributed by atoms with Crippen molar-refractivity contribution in [3.05, 3.63) is 63.9 Å². The maximum Gasteiger partial charge on any atom is 0.108 e. The van der Waals surface area contributed by atoms with Crippen molar-refractivity contribution in [3.8, 4) is 0 Å². The highest BCUT2D eigenvalue weighted by Gasteiger charge is 2.44. The molecule has 2 heterocycles. The first-order chi connectivity index (χ1) is 10.1. The molecule has 1 aliphatic rings. The molecule has 1 aliphatic heterocycles. The molecule has 3 rings (SSSR count). The van der Waals surface area contributed by atoms with Gasteiger partial charge in [0.2, 0.25) is 0 Å². The number of pyridine rings is 1. The molecule has 21 heavy (non-hydrogen) atoms. The Morgan fingerprint density at radius 3 is 2.67 bits per heavy atom. The molecule has 110 valence electrons. The van der Waals surface area contributed by atoms with Crippen LogP contribution >= 0.6 is 23.2 Å². The fourth-order valence-corrected chi connectivity index (χ4v) is 3.11. The zero-order chi connectivity index (χ0) is 14.9. The molecule has 3 nitrogen and oxygen atoms in total. The van der Waals surface area contributed by atoms with Crippen LogP contribution in [0.25, 0.3) is 0 Å². The lowest BCUT2D eigenvalue weighted by Gasteiger charge is -2.33. The van der Waals surface area contributed by atoms with Gasteiger partial charge in [0.1, 0.15) is 6.10 Å². The molecule has 0 spiro atoms. The van der Waals surface area contributed by atoms with Gasteiger partial charge in [-0.3, -0.25) is 4.98 Å². The Labute approximate surface area is 133 Å². The van der Waals surface area contributed by atoms with Crippen molar-refractivity contribution >= 4 is 23.2 Å². The first-order valence-corrected chi connectivity index (χ1v) is 7.51. The molecule has 1 fully saturated rings. The molecule has 0 aliphatic carbocycles. The highest BCUT2D eigenvalue weighted by atomic mass is 35.5. The molecule has 2 atom stereocenters. The molecule has 0 radical (unpaired) electrons. The Morgan fingerprint density at radius 2 is 2.05 bits per heavy atom. The molecule has 0 saturated carbocycles. The fraction of sp³-hybridized carbons (Fsp3) is 0.312. The van der Waals surface area contributed by atoms with Gasteiger partial charge >= 0.3 is 0 Å². The molecule has 5 heteroatoms. The summed E-state index contributed by atoms with van der Waals surface area (Å²) >= 11 is 12.1. The summed E-state index contributed by atoms with van der Waals surface area (Å²) in [5.41, 5.74) is 1.02. The number of aliphatic hydroxyl groups is 1. The summed E-state index contributed by atoms with van der Waals surface area (Å²) in [4.78, 5) is 4.27. The second-order valence-electron chi connectivity index (χ2n) is 5.24. The predicted molar refractivity (Wildman–Crippen MR) is 82.8 cm³/mol. The van der Waals surface area contributed by atoms with Crippen LogP contribution in [-0.4, -0.2) is 23.3 Å². The van der Waals surface area contributed by atoms with Crippen molar-refractivity contribution in [1.29, 1.82) is 0 Å². The summed E-state index contributed by atoms with van der Waals surface area (Å²) in [7, 11) is 0. The highest BCUT2D eigenvalue weighted by Crippen LogP contribution is 2.44. The number of ether oxygens (including phenoxy) is 1. The van der Waals surface area contributed by atoms with Crippen LogP contribution in [0.2, 0.25) is 10.0 Å². The largest absolute Gasteiger partial charge is 0.386 e. The molecule has 1 aromatic carbocycles. The van der Waals surface area contributed by atoms with Gasteiger partial charge < -0.3 is 9.84 Å². The average molecular weight is 324 g/mol. The Bertz CT molecular complexity index is 627. The van der Waals surface area contributed by atoms with E-state index in [9.17, 15) is 5.11 Å². The molecule has 0 amide bonds. The van der Waals surface area contributed by atoms with Crippen molar-refractivity contribution in [2.45, 2.75) is 17.9 Å². The van der Waals surface area contributed by atoms with Crippen LogP contribution in [0.1, 0.15) is 23.8 Å². The van der Waals surface area contributed by atoms with Gasteiger partial charge in [-0.15, -0.1) is 0 Å². The number of aromatic nitrogens is 1. The monoisotopic (exact) mass is 323 g/mol. The van der Waals surface area contributed by atoms with Gasteiger partial charge in [0.15, 0.2) is 0 Å². The van der Waals surface area contributed by atoms with Crippen LogP contribution in [-0.2, 0) is 10.2 Å². The number of hydrogen-bond donors (Lipinski definition) is 1. The third-order valence-corrected chi connectivity index (χ3v) is 4.78. The number of hydrogen-bond acceptors (Lipinski definition) is 3. The maximum absolute atomic E-state index is 10.9. The third kappa shape index (κ3) is 2.67. The smallest absolute Gasteiger partial charge is 0.108 e. The van der Waals surface area contributed by atoms with Gasteiger partial charge in [0, 0.05) is 12.8 Å². The van der Waals surface area contributed by atoms with Crippen LogP contribution in [0, 0.1) is 0 Å². The van der Waals surface area contributed by atoms with Crippen molar-refractivity contribution < 1.29 is 9.84 Å². The quantitative estimate of drug-likeness (QED) is 0.934. The molecule has 0 bridgehead atoms. The lowest BCUT2D eigenvalue weighted by molar-refractivity contribution is 0.0616. The van der Waals surface area contributed by atoms with Gasteiger partial charge in [0.05, 0.1) is 27.8 Å². The zero-order valence-corrected chi connectivity index (χ0v) is 12.8. The second kappa shape index (κ2) is 5.93. The summed E-state index contributed by atoms with van der Waals surface area (Å²) in [6.45, 7) is 1.03. The summed E-state index contributed by atoms with van der Waals surface area (Å²) in [5.74, 6) is 0. The minimum absolute atomic E-state index is 0.433. The molecule has 1 saturated heterocycles. The van der Waals surface area contributed by atoms with E-state index in [1.807, 2.05) is 30.3 Å². The maximum atomic E-state index is 10.9. The van der Waals surface area contributed by atoms with Gasteiger partial charge in [-0.2, -0.15) is 0 Å². The third-order valence-electron chi connectivity index (χ3n) is 4.04. The number of halogens is 2. The minimum atomic E-state index is -0.751. The Balaban J connectivity index is 2.05. The van der Waals surface area contributed by atoms with Crippen LogP contribution in [0.15, 0.2) is 42.6 Å². The molecule has 2 unspecified atom stereocenters. The van der Waals surface area contributed by atoms with Gasteiger partial charge in [0.25, 0.3) is 0 Å². The molecular formula is C16H15Cl2NO2. The summed E-state index contributed by atoms with van der Waals surface area (Å²) in [6.07, 6.45) is 1.64. The van der Waals surface area contributed by atoms with E-state index in [1.54, 1.807) is 12.3 Å². The van der Waals surface area contributed by atoms with E-state index in [2.05, 4.69) is 4.98 Å². The first kappa shape index (κ1) is 14.8. The molecular weight excluding hydrogens is 309 g/mol. The van der Waals surface area contributed by atoms with Crippen molar-refractivity contribution in [1.82, 2.24) is 4.98 Å². The zero-order valence-electron chi connectivity index (χ0n) is 11.3. The van der Waals surface area contributed by atoms with E-state index in [0.717, 1.165) is 5.56 Å². The molecule has 1 aromatic heterocycles. The normalized spacial score (nSPS) is 23.2. The van der Waals surface area contributed by atoms with Crippen LogP contribution < -0.4 is 0 Å². The van der Waals surface area contributed by atoms with Gasteiger partial charge in [-0.1, -0.05) is 35.3 Å². The summed E-state index contributed by atoms with van der Waals surface area (Å²) < 4.78 is 5.56. The SMILES string of the molecule is OC(c1ccccn1)C1(c2ccc(Cl)c(Cl)c2)CCOC1. The topological polar surface area (TPSA) is 42.4 Å². The Morgan fingerprint density at radius 1 is 1.19 bits per heavy atom. The van der Waals surface area contributed by atoms with Crippen molar-refractivity contribution in [2.75, 3.05) is 13.2 Å². The van der Waals surface area contributed by atoms with E-state index in [1.165, 1.54) is 0 Å². The van der Waals surface area contributed by atoms with Gasteiger partial charge in [-0.05, 0) is 36.2 Å². The summed E-state index contributed by atoms with van der Waals surface area (Å²) in [5, 5.41) is 11.8. The van der Waals surface area contributed by atoms with Gasteiger partial charge in [-0.25, -0.2) is 0 Å². The highest BCUT2D eigenvalue weighted by molar-refractivity contribution is 6.42. The van der Waals surface area contributed by atoms with Crippen LogP contribution in [0.3, 0.4) is 0 Å². The Hall–Kier alpha value is -1.13. The van der Waals surface area contributed by atoms with E-state index < -0.39 is 11.5 Å². The van der Waals surface area contributed by atoms with E-state index in [-0.39, 0.29) is 0 Å². The molecule has 1 N–H and O–H groups in total.